The Hall–Kier alpha value is -1.92. The number of carbonyl (C=O) groups is 4. The van der Waals surface area contributed by atoms with Crippen molar-refractivity contribution in [3.8, 4) is 0 Å². The number of carbonyl (C=O) groups excluding carboxylic acids is 3. The number of amides is 2. The van der Waals surface area contributed by atoms with Crippen LogP contribution in [0.4, 0.5) is 0 Å². The molecule has 1 fully saturated rings. The lowest BCUT2D eigenvalue weighted by molar-refractivity contribution is -0.205. The van der Waals surface area contributed by atoms with Crippen molar-refractivity contribution in [3.63, 3.8) is 0 Å². The van der Waals surface area contributed by atoms with Gasteiger partial charge in [0.15, 0.2) is 0 Å². The molecule has 0 radical (unpaired) electrons. The van der Waals surface area contributed by atoms with Gasteiger partial charge < -0.3 is 9.94 Å². The van der Waals surface area contributed by atoms with Crippen LogP contribution in [0.5, 0.6) is 0 Å². The predicted octanol–water partition coefficient (Wildman–Crippen LogP) is 0.239. The van der Waals surface area contributed by atoms with Crippen LogP contribution in [0.15, 0.2) is 0 Å². The minimum atomic E-state index is -1.01. The zero-order valence-corrected chi connectivity index (χ0v) is 9.18. The van der Waals surface area contributed by atoms with Gasteiger partial charge in [-0.25, -0.2) is 4.79 Å². The third kappa shape index (κ3) is 4.21. The van der Waals surface area contributed by atoms with Crippen molar-refractivity contribution in [2.75, 3.05) is 0 Å². The SMILES string of the molecule is O=C(O)CCCC(=O)ON1C(=O)CCCC1=O. The largest absolute Gasteiger partial charge is 0.481 e. The molecule has 0 unspecified atom stereocenters. The van der Waals surface area contributed by atoms with Gasteiger partial charge >= 0.3 is 11.9 Å². The van der Waals surface area contributed by atoms with Crippen LogP contribution in [-0.4, -0.2) is 33.9 Å². The highest BCUT2D eigenvalue weighted by molar-refractivity contribution is 5.97. The molecule has 1 aliphatic rings. The van der Waals surface area contributed by atoms with E-state index in [2.05, 4.69) is 4.84 Å². The lowest BCUT2D eigenvalue weighted by atomic mass is 10.1. The van der Waals surface area contributed by atoms with Gasteiger partial charge in [0.05, 0.1) is 0 Å². The van der Waals surface area contributed by atoms with Crippen molar-refractivity contribution in [1.29, 1.82) is 0 Å². The van der Waals surface area contributed by atoms with E-state index < -0.39 is 23.8 Å². The Balaban J connectivity index is 2.36. The maximum atomic E-state index is 11.3. The van der Waals surface area contributed by atoms with E-state index in [0.29, 0.717) is 11.5 Å². The first kappa shape index (κ1) is 13.1. The number of piperidine rings is 1. The minimum Gasteiger partial charge on any atom is -0.481 e. The fourth-order valence-corrected chi connectivity index (χ4v) is 1.37. The molecule has 0 aliphatic carbocycles. The lowest BCUT2D eigenvalue weighted by Gasteiger charge is -2.22. The summed E-state index contributed by atoms with van der Waals surface area (Å²) >= 11 is 0. The van der Waals surface area contributed by atoms with Crippen LogP contribution >= 0.6 is 0 Å². The number of hydroxylamine groups is 2. The van der Waals surface area contributed by atoms with Gasteiger partial charge in [-0.05, 0) is 12.8 Å². The quantitative estimate of drug-likeness (QED) is 0.694. The normalized spacial score (nSPS) is 15.9. The van der Waals surface area contributed by atoms with E-state index in [0.717, 1.165) is 0 Å². The predicted molar refractivity (Wildman–Crippen MR) is 53.3 cm³/mol. The lowest BCUT2D eigenvalue weighted by Crippen LogP contribution is -2.41. The Morgan fingerprint density at radius 1 is 1.18 bits per heavy atom. The Morgan fingerprint density at radius 3 is 2.29 bits per heavy atom. The summed E-state index contributed by atoms with van der Waals surface area (Å²) in [5, 5.41) is 8.84. The van der Waals surface area contributed by atoms with Crippen molar-refractivity contribution >= 4 is 23.8 Å². The fraction of sp³-hybridized carbons (Fsp3) is 0.600. The maximum Gasteiger partial charge on any atom is 0.333 e. The van der Waals surface area contributed by atoms with Crippen molar-refractivity contribution in [2.45, 2.75) is 38.5 Å². The molecule has 17 heavy (non-hydrogen) atoms. The molecular weight excluding hydrogens is 230 g/mol. The number of carboxylic acid groups (broad SMARTS) is 1. The second-order valence-electron chi connectivity index (χ2n) is 3.65. The average Bonchev–Trinajstić information content (AvgIpc) is 2.23. The Labute approximate surface area is 97.3 Å². The van der Waals surface area contributed by atoms with Gasteiger partial charge in [-0.15, -0.1) is 5.06 Å². The number of hydrogen-bond donors (Lipinski definition) is 1. The molecule has 0 aromatic carbocycles. The van der Waals surface area contributed by atoms with Gasteiger partial charge in [-0.1, -0.05) is 0 Å². The smallest absolute Gasteiger partial charge is 0.333 e. The fourth-order valence-electron chi connectivity index (χ4n) is 1.37. The number of carboxylic acids is 1. The summed E-state index contributed by atoms with van der Waals surface area (Å²) < 4.78 is 0. The van der Waals surface area contributed by atoms with Crippen LogP contribution in [-0.2, 0) is 24.0 Å². The molecule has 0 aromatic rings. The molecule has 1 heterocycles. The monoisotopic (exact) mass is 243 g/mol. The van der Waals surface area contributed by atoms with E-state index >= 15 is 0 Å². The molecule has 1 saturated heterocycles. The first-order valence-electron chi connectivity index (χ1n) is 5.29. The molecule has 1 rings (SSSR count). The maximum absolute atomic E-state index is 11.3. The number of nitrogens with zero attached hydrogens (tertiary/aromatic N) is 1. The average molecular weight is 243 g/mol. The molecule has 2 amide bonds. The molecule has 94 valence electrons. The van der Waals surface area contributed by atoms with E-state index in [4.69, 9.17) is 5.11 Å². The van der Waals surface area contributed by atoms with Crippen molar-refractivity contribution < 1.29 is 29.1 Å². The molecule has 7 nitrogen and oxygen atoms in total. The first-order chi connectivity index (χ1) is 8.00. The second-order valence-corrected chi connectivity index (χ2v) is 3.65. The summed E-state index contributed by atoms with van der Waals surface area (Å²) in [6, 6.07) is 0. The van der Waals surface area contributed by atoms with Crippen molar-refractivity contribution in [2.24, 2.45) is 0 Å². The molecule has 0 atom stereocenters. The molecule has 1 aliphatic heterocycles. The summed E-state index contributed by atoms with van der Waals surface area (Å²) in [6.07, 6.45) is 0.637. The summed E-state index contributed by atoms with van der Waals surface area (Å²) in [6.45, 7) is 0. The molecule has 0 saturated carbocycles. The molecule has 1 N–H and O–H groups in total. The molecular formula is C10H13NO6. The molecule has 0 spiro atoms. The van der Waals surface area contributed by atoms with Gasteiger partial charge in [0.25, 0.3) is 11.8 Å². The van der Waals surface area contributed by atoms with Gasteiger partial charge in [-0.2, -0.15) is 0 Å². The third-order valence-corrected chi connectivity index (χ3v) is 2.20. The second kappa shape index (κ2) is 5.97. The number of imide groups is 1. The Bertz CT molecular complexity index is 335. The van der Waals surface area contributed by atoms with Gasteiger partial charge in [-0.3, -0.25) is 14.4 Å². The van der Waals surface area contributed by atoms with E-state index in [9.17, 15) is 19.2 Å². The van der Waals surface area contributed by atoms with E-state index in [-0.39, 0.29) is 32.1 Å². The topological polar surface area (TPSA) is 101 Å². The van der Waals surface area contributed by atoms with E-state index in [1.165, 1.54) is 0 Å². The van der Waals surface area contributed by atoms with Crippen molar-refractivity contribution in [3.05, 3.63) is 0 Å². The number of rotatable bonds is 5. The van der Waals surface area contributed by atoms with Crippen LogP contribution in [0.2, 0.25) is 0 Å². The first-order valence-corrected chi connectivity index (χ1v) is 5.29. The molecule has 7 heteroatoms. The summed E-state index contributed by atoms with van der Waals surface area (Å²) in [4.78, 5) is 48.5. The zero-order valence-electron chi connectivity index (χ0n) is 9.18. The summed E-state index contributed by atoms with van der Waals surface area (Å²) in [5.74, 6) is -2.85. The highest BCUT2D eigenvalue weighted by atomic mass is 16.7. The van der Waals surface area contributed by atoms with Crippen LogP contribution in [0, 0.1) is 0 Å². The molecule has 0 bridgehead atoms. The van der Waals surface area contributed by atoms with Gasteiger partial charge in [0, 0.05) is 25.7 Å². The molecule has 0 aromatic heterocycles. The standard InChI is InChI=1S/C10H13NO6/c12-7-3-1-4-8(13)11(7)17-10(16)6-2-5-9(14)15/h1-6H2,(H,14,15). The Morgan fingerprint density at radius 2 is 1.76 bits per heavy atom. The van der Waals surface area contributed by atoms with E-state index in [1.807, 2.05) is 0 Å². The van der Waals surface area contributed by atoms with Crippen LogP contribution < -0.4 is 0 Å². The van der Waals surface area contributed by atoms with Crippen molar-refractivity contribution in [1.82, 2.24) is 5.06 Å². The van der Waals surface area contributed by atoms with E-state index in [1.54, 1.807) is 0 Å². The number of aliphatic carboxylic acids is 1. The zero-order chi connectivity index (χ0) is 12.8. The van der Waals surface area contributed by atoms with Crippen LogP contribution in [0.25, 0.3) is 0 Å². The van der Waals surface area contributed by atoms with Crippen LogP contribution in [0.3, 0.4) is 0 Å². The minimum absolute atomic E-state index is 0.115. The highest BCUT2D eigenvalue weighted by Gasteiger charge is 2.29. The Kier molecular flexibility index (Phi) is 4.62. The van der Waals surface area contributed by atoms with Gasteiger partial charge in [0.1, 0.15) is 0 Å². The summed E-state index contributed by atoms with van der Waals surface area (Å²) in [7, 11) is 0. The number of hydrogen-bond acceptors (Lipinski definition) is 5. The van der Waals surface area contributed by atoms with Gasteiger partial charge in [0.2, 0.25) is 0 Å². The highest BCUT2D eigenvalue weighted by Crippen LogP contribution is 2.13. The summed E-state index contributed by atoms with van der Waals surface area (Å²) in [5.41, 5.74) is 0. The third-order valence-electron chi connectivity index (χ3n) is 2.20. The van der Waals surface area contributed by atoms with Crippen LogP contribution in [0.1, 0.15) is 38.5 Å².